The van der Waals surface area contributed by atoms with Crippen molar-refractivity contribution in [3.05, 3.63) is 30.0 Å². The molecular weight excluding hydrogens is 240 g/mol. The molecule has 2 aromatic rings. The second kappa shape index (κ2) is 5.31. The van der Waals surface area contributed by atoms with E-state index in [0.717, 1.165) is 49.1 Å². The molecule has 4 heteroatoms. The number of hydrogen-bond donors (Lipinski definition) is 1. The van der Waals surface area contributed by atoms with Gasteiger partial charge in [-0.2, -0.15) is 5.10 Å². The van der Waals surface area contributed by atoms with Gasteiger partial charge in [0.15, 0.2) is 0 Å². The van der Waals surface area contributed by atoms with Gasteiger partial charge in [0.2, 0.25) is 0 Å². The molecule has 1 atom stereocenters. The van der Waals surface area contributed by atoms with Gasteiger partial charge in [0.1, 0.15) is 0 Å². The van der Waals surface area contributed by atoms with Gasteiger partial charge >= 0.3 is 0 Å². The highest BCUT2D eigenvalue weighted by Crippen LogP contribution is 2.30. The summed E-state index contributed by atoms with van der Waals surface area (Å²) in [5, 5.41) is 16.0. The summed E-state index contributed by atoms with van der Waals surface area (Å²) in [4.78, 5) is 0. The van der Waals surface area contributed by atoms with E-state index in [0.29, 0.717) is 5.92 Å². The number of nitrogens with zero attached hydrogens (tertiary/aromatic N) is 2. The lowest BCUT2D eigenvalue weighted by atomic mass is 9.92. The van der Waals surface area contributed by atoms with Crippen molar-refractivity contribution >= 4 is 10.9 Å². The van der Waals surface area contributed by atoms with E-state index in [1.54, 1.807) is 0 Å². The first-order valence-electron chi connectivity index (χ1n) is 6.93. The van der Waals surface area contributed by atoms with Crippen LogP contribution in [-0.2, 0) is 11.8 Å². The van der Waals surface area contributed by atoms with E-state index >= 15 is 0 Å². The van der Waals surface area contributed by atoms with Crippen molar-refractivity contribution in [2.75, 3.05) is 13.2 Å². The second-order valence-electron chi connectivity index (χ2n) is 5.33. The summed E-state index contributed by atoms with van der Waals surface area (Å²) >= 11 is 0. The smallest absolute Gasteiger partial charge is 0.0988 e. The highest BCUT2D eigenvalue weighted by molar-refractivity contribution is 5.82. The summed E-state index contributed by atoms with van der Waals surface area (Å²) in [6.07, 6.45) is 2.39. The number of para-hydroxylation sites is 1. The number of aliphatic hydroxyl groups excluding tert-OH is 1. The molecule has 2 heterocycles. The van der Waals surface area contributed by atoms with Crippen LogP contribution in [-0.4, -0.2) is 28.1 Å². The van der Waals surface area contributed by atoms with Gasteiger partial charge in [-0.15, -0.1) is 0 Å². The van der Waals surface area contributed by atoms with Crippen LogP contribution in [0.3, 0.4) is 0 Å². The first kappa shape index (κ1) is 12.6. The maximum atomic E-state index is 10.5. The van der Waals surface area contributed by atoms with Gasteiger partial charge in [0.25, 0.3) is 0 Å². The third-order valence-electron chi connectivity index (χ3n) is 4.00. The Hall–Kier alpha value is -1.39. The summed E-state index contributed by atoms with van der Waals surface area (Å²) < 4.78 is 7.21. The summed E-state index contributed by atoms with van der Waals surface area (Å²) in [6, 6.07) is 8.06. The van der Waals surface area contributed by atoms with Crippen LogP contribution < -0.4 is 0 Å². The van der Waals surface area contributed by atoms with E-state index in [1.807, 2.05) is 36.0 Å². The number of benzene rings is 1. The fraction of sp³-hybridized carbons (Fsp3) is 0.533. The Morgan fingerprint density at radius 2 is 2.11 bits per heavy atom. The standard InChI is InChI=1S/C15H20N2O2/c1-17-13-5-3-2-4-12(13)15(16-17)14(18)10-11-6-8-19-9-7-11/h2-5,11,14,18H,6-10H2,1H3. The second-order valence-corrected chi connectivity index (χ2v) is 5.33. The van der Waals surface area contributed by atoms with Gasteiger partial charge in [-0.25, -0.2) is 0 Å². The van der Waals surface area contributed by atoms with E-state index in [4.69, 9.17) is 4.74 Å². The van der Waals surface area contributed by atoms with E-state index < -0.39 is 6.10 Å². The van der Waals surface area contributed by atoms with Crippen molar-refractivity contribution in [3.8, 4) is 0 Å². The molecule has 0 aliphatic carbocycles. The Bertz CT molecular complexity index is 558. The third-order valence-corrected chi connectivity index (χ3v) is 4.00. The average Bonchev–Trinajstić information content (AvgIpc) is 2.78. The molecule has 1 aliphatic heterocycles. The Morgan fingerprint density at radius 1 is 1.37 bits per heavy atom. The molecule has 1 fully saturated rings. The lowest BCUT2D eigenvalue weighted by Crippen LogP contribution is -2.18. The number of aromatic nitrogens is 2. The Kier molecular flexibility index (Phi) is 3.53. The molecule has 3 rings (SSSR count). The van der Waals surface area contributed by atoms with Crippen molar-refractivity contribution in [1.29, 1.82) is 0 Å². The molecule has 1 aliphatic rings. The van der Waals surface area contributed by atoms with E-state index in [9.17, 15) is 5.11 Å². The van der Waals surface area contributed by atoms with Gasteiger partial charge in [-0.1, -0.05) is 18.2 Å². The number of hydrogen-bond acceptors (Lipinski definition) is 3. The molecular formula is C15H20N2O2. The average molecular weight is 260 g/mol. The van der Waals surface area contributed by atoms with Crippen LogP contribution in [0.15, 0.2) is 24.3 Å². The van der Waals surface area contributed by atoms with Crippen LogP contribution in [0.5, 0.6) is 0 Å². The van der Waals surface area contributed by atoms with Crippen LogP contribution >= 0.6 is 0 Å². The molecule has 1 aromatic carbocycles. The Morgan fingerprint density at radius 3 is 2.89 bits per heavy atom. The molecule has 0 amide bonds. The Labute approximate surface area is 113 Å². The third kappa shape index (κ3) is 2.51. The van der Waals surface area contributed by atoms with Crippen LogP contribution in [0.2, 0.25) is 0 Å². The fourth-order valence-corrected chi connectivity index (χ4v) is 2.90. The minimum absolute atomic E-state index is 0.478. The fourth-order valence-electron chi connectivity index (χ4n) is 2.90. The molecule has 19 heavy (non-hydrogen) atoms. The van der Waals surface area contributed by atoms with Crippen molar-refractivity contribution in [2.24, 2.45) is 13.0 Å². The van der Waals surface area contributed by atoms with E-state index in [-0.39, 0.29) is 0 Å². The summed E-state index contributed by atoms with van der Waals surface area (Å²) in [6.45, 7) is 1.64. The zero-order valence-electron chi connectivity index (χ0n) is 11.2. The van der Waals surface area contributed by atoms with Crippen LogP contribution in [0.4, 0.5) is 0 Å². The highest BCUT2D eigenvalue weighted by Gasteiger charge is 2.22. The SMILES string of the molecule is Cn1nc(C(O)CC2CCOCC2)c2ccccc21. The first-order valence-corrected chi connectivity index (χ1v) is 6.93. The van der Waals surface area contributed by atoms with Gasteiger partial charge < -0.3 is 9.84 Å². The lowest BCUT2D eigenvalue weighted by molar-refractivity contribution is 0.0428. The van der Waals surface area contributed by atoms with Gasteiger partial charge in [-0.05, 0) is 31.2 Å². The van der Waals surface area contributed by atoms with Gasteiger partial charge in [0.05, 0.1) is 17.3 Å². The van der Waals surface area contributed by atoms with Crippen molar-refractivity contribution in [3.63, 3.8) is 0 Å². The zero-order chi connectivity index (χ0) is 13.2. The summed E-state index contributed by atoms with van der Waals surface area (Å²) in [5.41, 5.74) is 1.88. The van der Waals surface area contributed by atoms with Gasteiger partial charge in [0, 0.05) is 25.6 Å². The summed E-state index contributed by atoms with van der Waals surface area (Å²) in [7, 11) is 1.92. The largest absolute Gasteiger partial charge is 0.387 e. The normalized spacial score (nSPS) is 18.8. The molecule has 1 unspecified atom stereocenters. The molecule has 1 saturated heterocycles. The monoisotopic (exact) mass is 260 g/mol. The minimum atomic E-state index is -0.478. The van der Waals surface area contributed by atoms with Crippen LogP contribution in [0.25, 0.3) is 10.9 Å². The van der Waals surface area contributed by atoms with Crippen LogP contribution in [0.1, 0.15) is 31.1 Å². The maximum Gasteiger partial charge on any atom is 0.0988 e. The molecule has 4 nitrogen and oxygen atoms in total. The summed E-state index contributed by atoms with van der Waals surface area (Å²) in [5.74, 6) is 0.546. The number of fused-ring (bicyclic) bond motifs is 1. The molecule has 0 radical (unpaired) electrons. The number of ether oxygens (including phenoxy) is 1. The first-order chi connectivity index (χ1) is 9.25. The number of aryl methyl sites for hydroxylation is 1. The molecule has 0 bridgehead atoms. The minimum Gasteiger partial charge on any atom is -0.387 e. The highest BCUT2D eigenvalue weighted by atomic mass is 16.5. The molecule has 1 aromatic heterocycles. The van der Waals surface area contributed by atoms with Crippen molar-refractivity contribution in [2.45, 2.75) is 25.4 Å². The van der Waals surface area contributed by atoms with E-state index in [1.165, 1.54) is 0 Å². The lowest BCUT2D eigenvalue weighted by Gasteiger charge is -2.23. The maximum absolute atomic E-state index is 10.5. The quantitative estimate of drug-likeness (QED) is 0.922. The Balaban J connectivity index is 1.82. The van der Waals surface area contributed by atoms with Gasteiger partial charge in [-0.3, -0.25) is 4.68 Å². The molecule has 1 N–H and O–H groups in total. The number of rotatable bonds is 3. The van der Waals surface area contributed by atoms with E-state index in [2.05, 4.69) is 5.10 Å². The van der Waals surface area contributed by atoms with Crippen molar-refractivity contribution < 1.29 is 9.84 Å². The molecule has 0 spiro atoms. The topological polar surface area (TPSA) is 47.3 Å². The predicted molar refractivity (Wildman–Crippen MR) is 73.8 cm³/mol. The zero-order valence-corrected chi connectivity index (χ0v) is 11.2. The predicted octanol–water partition coefficient (Wildman–Crippen LogP) is 2.42. The van der Waals surface area contributed by atoms with Crippen LogP contribution in [0, 0.1) is 5.92 Å². The van der Waals surface area contributed by atoms with Crippen molar-refractivity contribution in [1.82, 2.24) is 9.78 Å². The molecule has 102 valence electrons. The molecule has 0 saturated carbocycles. The number of aliphatic hydroxyl groups is 1.